The molecule has 1 nitrogen and oxygen atoms in total. The number of anilines is 1. The van der Waals surface area contributed by atoms with Gasteiger partial charge < -0.3 is 4.90 Å². The first-order chi connectivity index (χ1) is 8.90. The van der Waals surface area contributed by atoms with Crippen molar-refractivity contribution in [3.63, 3.8) is 0 Å². The van der Waals surface area contributed by atoms with Crippen molar-refractivity contribution < 1.29 is 0 Å². The Morgan fingerprint density at radius 3 is 2.11 bits per heavy atom. The van der Waals surface area contributed by atoms with Crippen molar-refractivity contribution in [3.8, 4) is 0 Å². The standard InChI is InChI=1S/C17H19N/c1-2-14-18(17-11-7-4-8-12-17)15-13-16-9-5-3-6-10-16/h2-12H,1,13-15H2. The lowest BCUT2D eigenvalue weighted by Crippen LogP contribution is -2.25. The van der Waals surface area contributed by atoms with Gasteiger partial charge in [-0.25, -0.2) is 0 Å². The summed E-state index contributed by atoms with van der Waals surface area (Å²) in [6.45, 7) is 5.74. The Morgan fingerprint density at radius 1 is 0.889 bits per heavy atom. The van der Waals surface area contributed by atoms with Gasteiger partial charge in [-0.05, 0) is 24.1 Å². The molecule has 92 valence electrons. The van der Waals surface area contributed by atoms with Gasteiger partial charge in [-0.2, -0.15) is 0 Å². The third kappa shape index (κ3) is 3.49. The molecule has 0 fully saturated rings. The number of nitrogens with zero attached hydrogens (tertiary/aromatic N) is 1. The van der Waals surface area contributed by atoms with Gasteiger partial charge in [0, 0.05) is 18.8 Å². The molecule has 0 aliphatic rings. The van der Waals surface area contributed by atoms with Crippen LogP contribution in [0.1, 0.15) is 5.56 Å². The van der Waals surface area contributed by atoms with E-state index in [1.165, 1.54) is 11.3 Å². The normalized spacial score (nSPS) is 10.0. The molecule has 2 rings (SSSR count). The average molecular weight is 237 g/mol. The summed E-state index contributed by atoms with van der Waals surface area (Å²) in [4.78, 5) is 2.35. The molecule has 18 heavy (non-hydrogen) atoms. The van der Waals surface area contributed by atoms with Gasteiger partial charge in [0.2, 0.25) is 0 Å². The zero-order valence-electron chi connectivity index (χ0n) is 10.6. The first kappa shape index (κ1) is 12.4. The lowest BCUT2D eigenvalue weighted by atomic mass is 10.1. The van der Waals surface area contributed by atoms with Crippen LogP contribution in [0.25, 0.3) is 0 Å². The van der Waals surface area contributed by atoms with Crippen LogP contribution in [0.2, 0.25) is 0 Å². The minimum atomic E-state index is 0.886. The van der Waals surface area contributed by atoms with Gasteiger partial charge in [0.15, 0.2) is 0 Å². The highest BCUT2D eigenvalue weighted by molar-refractivity contribution is 5.46. The first-order valence-corrected chi connectivity index (χ1v) is 6.35. The van der Waals surface area contributed by atoms with Crippen LogP contribution >= 0.6 is 0 Å². The SMILES string of the molecule is C=CCN(CCc1ccccc1)c1ccccc1. The second-order valence-corrected chi connectivity index (χ2v) is 4.31. The molecule has 0 saturated carbocycles. The highest BCUT2D eigenvalue weighted by Gasteiger charge is 2.03. The summed E-state index contributed by atoms with van der Waals surface area (Å²) >= 11 is 0. The maximum atomic E-state index is 3.84. The van der Waals surface area contributed by atoms with Gasteiger partial charge in [0.05, 0.1) is 0 Å². The van der Waals surface area contributed by atoms with Crippen molar-refractivity contribution in [2.75, 3.05) is 18.0 Å². The Morgan fingerprint density at radius 2 is 1.50 bits per heavy atom. The van der Waals surface area contributed by atoms with Crippen LogP contribution in [0.15, 0.2) is 73.3 Å². The molecule has 0 atom stereocenters. The summed E-state index contributed by atoms with van der Waals surface area (Å²) in [6.07, 6.45) is 3.02. The third-order valence-corrected chi connectivity index (χ3v) is 2.98. The van der Waals surface area contributed by atoms with Gasteiger partial charge in [0.25, 0.3) is 0 Å². The summed E-state index contributed by atoms with van der Waals surface area (Å²) in [5, 5.41) is 0. The minimum absolute atomic E-state index is 0.886. The van der Waals surface area contributed by atoms with E-state index < -0.39 is 0 Å². The minimum Gasteiger partial charge on any atom is -0.367 e. The van der Waals surface area contributed by atoms with Crippen molar-refractivity contribution in [1.82, 2.24) is 0 Å². The van der Waals surface area contributed by atoms with Crippen molar-refractivity contribution in [2.45, 2.75) is 6.42 Å². The molecule has 2 aromatic carbocycles. The van der Waals surface area contributed by atoms with Crippen LogP contribution < -0.4 is 4.90 Å². The molecule has 0 aromatic heterocycles. The summed E-state index contributed by atoms with van der Waals surface area (Å²) in [5.74, 6) is 0. The van der Waals surface area contributed by atoms with Crippen molar-refractivity contribution >= 4 is 5.69 Å². The number of rotatable bonds is 6. The zero-order valence-corrected chi connectivity index (χ0v) is 10.6. The Labute approximate surface area is 109 Å². The summed E-state index contributed by atoms with van der Waals surface area (Å²) in [5.41, 5.74) is 2.64. The second kappa shape index (κ2) is 6.65. The Bertz CT molecular complexity index is 461. The van der Waals surface area contributed by atoms with E-state index in [1.807, 2.05) is 12.1 Å². The highest BCUT2D eigenvalue weighted by atomic mass is 15.1. The van der Waals surface area contributed by atoms with E-state index in [1.54, 1.807) is 0 Å². The second-order valence-electron chi connectivity index (χ2n) is 4.31. The molecule has 0 amide bonds. The molecule has 1 heteroatoms. The van der Waals surface area contributed by atoms with Gasteiger partial charge in [-0.1, -0.05) is 54.6 Å². The fraction of sp³-hybridized carbons (Fsp3) is 0.176. The van der Waals surface area contributed by atoms with Gasteiger partial charge in [0.1, 0.15) is 0 Å². The monoisotopic (exact) mass is 237 g/mol. The van der Waals surface area contributed by atoms with Crippen LogP contribution in [-0.2, 0) is 6.42 Å². The molecule has 2 aromatic rings. The van der Waals surface area contributed by atoms with Crippen LogP contribution in [0, 0.1) is 0 Å². The van der Waals surface area contributed by atoms with E-state index >= 15 is 0 Å². The molecule has 0 radical (unpaired) electrons. The highest BCUT2D eigenvalue weighted by Crippen LogP contribution is 2.14. The fourth-order valence-electron chi connectivity index (χ4n) is 2.03. The molecule has 0 N–H and O–H groups in total. The number of benzene rings is 2. The number of para-hydroxylation sites is 1. The molecule has 0 bridgehead atoms. The zero-order chi connectivity index (χ0) is 12.6. The van der Waals surface area contributed by atoms with Crippen LogP contribution in [0.3, 0.4) is 0 Å². The van der Waals surface area contributed by atoms with Crippen molar-refractivity contribution in [2.24, 2.45) is 0 Å². The maximum absolute atomic E-state index is 3.84. The predicted octanol–water partition coefficient (Wildman–Crippen LogP) is 3.92. The largest absolute Gasteiger partial charge is 0.367 e. The van der Waals surface area contributed by atoms with E-state index in [9.17, 15) is 0 Å². The lowest BCUT2D eigenvalue weighted by molar-refractivity contribution is 0.836. The summed E-state index contributed by atoms with van der Waals surface area (Å²) < 4.78 is 0. The predicted molar refractivity (Wildman–Crippen MR) is 79.0 cm³/mol. The molecule has 0 aliphatic carbocycles. The molecule has 0 aliphatic heterocycles. The molecule has 0 heterocycles. The first-order valence-electron chi connectivity index (χ1n) is 6.35. The number of hydrogen-bond acceptors (Lipinski definition) is 1. The van der Waals surface area contributed by atoms with E-state index in [4.69, 9.17) is 0 Å². The van der Waals surface area contributed by atoms with Gasteiger partial charge >= 0.3 is 0 Å². The molecule has 0 spiro atoms. The smallest absolute Gasteiger partial charge is 0.0369 e. The van der Waals surface area contributed by atoms with E-state index in [-0.39, 0.29) is 0 Å². The number of hydrogen-bond donors (Lipinski definition) is 0. The lowest BCUT2D eigenvalue weighted by Gasteiger charge is -2.23. The Hall–Kier alpha value is -2.02. The molecular formula is C17H19N. The Kier molecular flexibility index (Phi) is 4.60. The molecule has 0 saturated heterocycles. The van der Waals surface area contributed by atoms with Gasteiger partial charge in [-0.3, -0.25) is 0 Å². The maximum Gasteiger partial charge on any atom is 0.0369 e. The van der Waals surface area contributed by atoms with E-state index in [2.05, 4.69) is 66.1 Å². The van der Waals surface area contributed by atoms with E-state index in [0.29, 0.717) is 0 Å². The fourth-order valence-corrected chi connectivity index (χ4v) is 2.03. The van der Waals surface area contributed by atoms with Crippen molar-refractivity contribution in [3.05, 3.63) is 78.9 Å². The van der Waals surface area contributed by atoms with E-state index in [0.717, 1.165) is 19.5 Å². The van der Waals surface area contributed by atoms with Crippen molar-refractivity contribution in [1.29, 1.82) is 0 Å². The Balaban J connectivity index is 2.01. The summed E-state index contributed by atoms with van der Waals surface area (Å²) in [7, 11) is 0. The summed E-state index contributed by atoms with van der Waals surface area (Å²) in [6, 6.07) is 21.1. The topological polar surface area (TPSA) is 3.24 Å². The molecule has 0 unspecified atom stereocenters. The van der Waals surface area contributed by atoms with Crippen LogP contribution in [-0.4, -0.2) is 13.1 Å². The van der Waals surface area contributed by atoms with Crippen LogP contribution in [0.4, 0.5) is 5.69 Å². The molecular weight excluding hydrogens is 218 g/mol. The third-order valence-electron chi connectivity index (χ3n) is 2.98. The van der Waals surface area contributed by atoms with Gasteiger partial charge in [-0.15, -0.1) is 6.58 Å². The quantitative estimate of drug-likeness (QED) is 0.688. The average Bonchev–Trinajstić information content (AvgIpc) is 2.45. The van der Waals surface area contributed by atoms with Crippen LogP contribution in [0.5, 0.6) is 0 Å².